The molecule has 8 heteroatoms. The highest BCUT2D eigenvalue weighted by molar-refractivity contribution is 7.89. The van der Waals surface area contributed by atoms with Gasteiger partial charge >= 0.3 is 0 Å². The Labute approximate surface area is 156 Å². The molecule has 0 amide bonds. The van der Waals surface area contributed by atoms with Crippen LogP contribution in [-0.2, 0) is 16.4 Å². The highest BCUT2D eigenvalue weighted by Crippen LogP contribution is 2.25. The van der Waals surface area contributed by atoms with Gasteiger partial charge in [0.15, 0.2) is 11.6 Å². The van der Waals surface area contributed by atoms with Gasteiger partial charge in [0.1, 0.15) is 0 Å². The van der Waals surface area contributed by atoms with E-state index in [2.05, 4.69) is 15.1 Å². The highest BCUT2D eigenvalue weighted by Gasteiger charge is 2.15. The molecule has 0 saturated carbocycles. The molecule has 4 aromatic rings. The Kier molecular flexibility index (Phi) is 4.21. The maximum Gasteiger partial charge on any atom is 0.238 e. The minimum atomic E-state index is -3.74. The molecule has 0 aliphatic heterocycles. The summed E-state index contributed by atoms with van der Waals surface area (Å²) in [6.45, 7) is 1.98. The molecule has 0 bridgehead atoms. The lowest BCUT2D eigenvalue weighted by atomic mass is 10.1. The zero-order chi connectivity index (χ0) is 19.0. The molecular weight excluding hydrogens is 362 g/mol. The fourth-order valence-corrected chi connectivity index (χ4v) is 3.37. The van der Waals surface area contributed by atoms with E-state index in [9.17, 15) is 8.42 Å². The minimum absolute atomic E-state index is 0.0542. The van der Waals surface area contributed by atoms with E-state index in [-0.39, 0.29) is 4.90 Å². The monoisotopic (exact) mass is 379 g/mol. The number of primary sulfonamides is 1. The lowest BCUT2D eigenvalue weighted by Crippen LogP contribution is -2.12. The van der Waals surface area contributed by atoms with Crippen LogP contribution in [0.25, 0.3) is 28.0 Å². The first kappa shape index (κ1) is 17.3. The smallest absolute Gasteiger partial charge is 0.238 e. The van der Waals surface area contributed by atoms with E-state index in [1.165, 1.54) is 12.1 Å². The van der Waals surface area contributed by atoms with Gasteiger partial charge in [-0.1, -0.05) is 25.1 Å². The molecule has 2 aromatic heterocycles. The molecule has 0 fully saturated rings. The fourth-order valence-electron chi connectivity index (χ4n) is 2.85. The van der Waals surface area contributed by atoms with Crippen molar-refractivity contribution in [2.45, 2.75) is 18.2 Å². The minimum Gasteiger partial charge on any atom is -0.256 e. The summed E-state index contributed by atoms with van der Waals surface area (Å²) in [4.78, 5) is 9.09. The Bertz CT molecular complexity index is 1230. The van der Waals surface area contributed by atoms with Crippen LogP contribution in [0.5, 0.6) is 0 Å². The molecule has 2 N–H and O–H groups in total. The van der Waals surface area contributed by atoms with Gasteiger partial charge < -0.3 is 0 Å². The van der Waals surface area contributed by atoms with Crippen molar-refractivity contribution in [3.8, 4) is 17.1 Å². The van der Waals surface area contributed by atoms with Gasteiger partial charge in [-0.15, -0.1) is 0 Å². The zero-order valence-electron chi connectivity index (χ0n) is 14.6. The van der Waals surface area contributed by atoms with Gasteiger partial charge in [-0.3, -0.25) is 4.98 Å². The predicted octanol–water partition coefficient (Wildman–Crippen LogP) is 2.69. The number of nitrogens with two attached hydrogens (primary N) is 1. The zero-order valence-corrected chi connectivity index (χ0v) is 15.4. The molecule has 0 aliphatic rings. The average Bonchev–Trinajstić information content (AvgIpc) is 3.11. The molecule has 7 nitrogen and oxygen atoms in total. The number of pyridine rings is 1. The third-order valence-electron chi connectivity index (χ3n) is 4.24. The van der Waals surface area contributed by atoms with E-state index in [1.54, 1.807) is 23.0 Å². The molecule has 0 atom stereocenters. The average molecular weight is 379 g/mol. The van der Waals surface area contributed by atoms with Crippen LogP contribution in [0.15, 0.2) is 65.7 Å². The second-order valence-corrected chi connectivity index (χ2v) is 7.63. The van der Waals surface area contributed by atoms with Crippen LogP contribution >= 0.6 is 0 Å². The summed E-state index contributed by atoms with van der Waals surface area (Å²) in [6.07, 6.45) is 2.43. The second kappa shape index (κ2) is 6.57. The molecular formula is C19H17N5O2S. The molecule has 2 heterocycles. The molecule has 4 rings (SSSR count). The van der Waals surface area contributed by atoms with E-state index in [4.69, 9.17) is 5.14 Å². The summed E-state index contributed by atoms with van der Waals surface area (Å²) in [6, 6.07) is 16.1. The molecule has 0 radical (unpaired) electrons. The number of sulfonamides is 1. The summed E-state index contributed by atoms with van der Waals surface area (Å²) in [5, 5.41) is 10.8. The highest BCUT2D eigenvalue weighted by atomic mass is 32.2. The molecule has 136 valence electrons. The first-order chi connectivity index (χ1) is 13.0. The summed E-state index contributed by atoms with van der Waals surface area (Å²) in [5.41, 5.74) is 2.45. The van der Waals surface area contributed by atoms with Gasteiger partial charge in [0.2, 0.25) is 10.0 Å². The second-order valence-electron chi connectivity index (χ2n) is 6.07. The predicted molar refractivity (Wildman–Crippen MR) is 103 cm³/mol. The van der Waals surface area contributed by atoms with Crippen molar-refractivity contribution >= 4 is 20.9 Å². The van der Waals surface area contributed by atoms with Crippen molar-refractivity contribution in [3.63, 3.8) is 0 Å². The normalized spacial score (nSPS) is 11.8. The van der Waals surface area contributed by atoms with Crippen molar-refractivity contribution < 1.29 is 8.42 Å². The number of hydrogen-bond donors (Lipinski definition) is 1. The van der Waals surface area contributed by atoms with Crippen molar-refractivity contribution in [2.75, 3.05) is 0 Å². The Morgan fingerprint density at radius 1 is 1.07 bits per heavy atom. The van der Waals surface area contributed by atoms with E-state index < -0.39 is 10.0 Å². The lowest BCUT2D eigenvalue weighted by Gasteiger charge is -2.07. The number of nitrogens with zero attached hydrogens (tertiary/aromatic N) is 4. The van der Waals surface area contributed by atoms with Gasteiger partial charge in [0.05, 0.1) is 16.1 Å². The summed E-state index contributed by atoms with van der Waals surface area (Å²) >= 11 is 0. The topological polar surface area (TPSA) is 104 Å². The molecule has 2 aromatic carbocycles. The molecule has 0 saturated heterocycles. The fraction of sp³-hybridized carbons (Fsp3) is 0.105. The molecule has 0 spiro atoms. The van der Waals surface area contributed by atoms with E-state index in [1.807, 2.05) is 37.3 Å². The van der Waals surface area contributed by atoms with E-state index in [0.717, 1.165) is 16.5 Å². The standard InChI is InChI=1S/C19H17N5O2S/c1-2-18-22-19(14-6-5-13-4-3-11-21-17(13)12-14)24(23-18)15-7-9-16(10-8-15)27(20,25)26/h3-12H,2H2,1H3,(H2,20,25,26). The van der Waals surface area contributed by atoms with Crippen molar-refractivity contribution in [3.05, 3.63) is 66.6 Å². The van der Waals surface area contributed by atoms with Crippen molar-refractivity contribution in [2.24, 2.45) is 5.14 Å². The number of aryl methyl sites for hydroxylation is 1. The van der Waals surface area contributed by atoms with Crippen LogP contribution in [0, 0.1) is 0 Å². The van der Waals surface area contributed by atoms with E-state index >= 15 is 0 Å². The van der Waals surface area contributed by atoms with Crippen LogP contribution in [-0.4, -0.2) is 28.2 Å². The van der Waals surface area contributed by atoms with E-state index in [0.29, 0.717) is 23.8 Å². The van der Waals surface area contributed by atoms with Crippen LogP contribution in [0.1, 0.15) is 12.7 Å². The number of hydrogen-bond acceptors (Lipinski definition) is 5. The number of rotatable bonds is 4. The molecule has 27 heavy (non-hydrogen) atoms. The largest absolute Gasteiger partial charge is 0.256 e. The molecule has 0 aliphatic carbocycles. The lowest BCUT2D eigenvalue weighted by molar-refractivity contribution is 0.598. The van der Waals surface area contributed by atoms with Crippen LogP contribution in [0.4, 0.5) is 0 Å². The summed E-state index contributed by atoms with van der Waals surface area (Å²) in [5.74, 6) is 1.37. The Morgan fingerprint density at radius 2 is 1.85 bits per heavy atom. The first-order valence-corrected chi connectivity index (χ1v) is 9.94. The Balaban J connectivity index is 1.85. The van der Waals surface area contributed by atoms with Crippen LogP contribution in [0.2, 0.25) is 0 Å². The van der Waals surface area contributed by atoms with Gasteiger partial charge in [-0.2, -0.15) is 5.10 Å². The quantitative estimate of drug-likeness (QED) is 0.587. The van der Waals surface area contributed by atoms with Crippen LogP contribution in [0.3, 0.4) is 0 Å². The first-order valence-electron chi connectivity index (χ1n) is 8.40. The van der Waals surface area contributed by atoms with Crippen LogP contribution < -0.4 is 5.14 Å². The summed E-state index contributed by atoms with van der Waals surface area (Å²) < 4.78 is 24.7. The summed E-state index contributed by atoms with van der Waals surface area (Å²) in [7, 11) is -3.74. The van der Waals surface area contributed by atoms with Gasteiger partial charge in [-0.25, -0.2) is 23.2 Å². The Morgan fingerprint density at radius 3 is 2.56 bits per heavy atom. The Hall–Kier alpha value is -3.10. The maximum atomic E-state index is 11.5. The number of aromatic nitrogens is 4. The van der Waals surface area contributed by atoms with Gasteiger partial charge in [0, 0.05) is 23.6 Å². The van der Waals surface area contributed by atoms with Gasteiger partial charge in [-0.05, 0) is 36.4 Å². The van der Waals surface area contributed by atoms with Gasteiger partial charge in [0.25, 0.3) is 0 Å². The number of fused-ring (bicyclic) bond motifs is 1. The molecule has 0 unspecified atom stereocenters. The van der Waals surface area contributed by atoms with Crippen molar-refractivity contribution in [1.29, 1.82) is 0 Å². The van der Waals surface area contributed by atoms with Crippen molar-refractivity contribution in [1.82, 2.24) is 19.7 Å². The maximum absolute atomic E-state index is 11.5. The SMILES string of the molecule is CCc1nc(-c2ccc3cccnc3c2)n(-c2ccc(S(N)(=O)=O)cc2)n1. The number of benzene rings is 2. The third kappa shape index (κ3) is 3.32. The third-order valence-corrected chi connectivity index (χ3v) is 5.17.